The topological polar surface area (TPSA) is 46.2 Å². The summed E-state index contributed by atoms with van der Waals surface area (Å²) in [6, 6.07) is 0. The van der Waals surface area contributed by atoms with Gasteiger partial charge in [0, 0.05) is 6.54 Å². The molecule has 0 bridgehead atoms. The van der Waals surface area contributed by atoms with E-state index in [0.29, 0.717) is 18.4 Å². The Kier molecular flexibility index (Phi) is 2.85. The summed E-state index contributed by atoms with van der Waals surface area (Å²) in [6.07, 6.45) is 7.37. The van der Waals surface area contributed by atoms with E-state index in [9.17, 15) is 5.11 Å². The van der Waals surface area contributed by atoms with Crippen molar-refractivity contribution in [3.05, 3.63) is 0 Å². The van der Waals surface area contributed by atoms with Gasteiger partial charge in [0.15, 0.2) is 0 Å². The van der Waals surface area contributed by atoms with Crippen molar-refractivity contribution in [1.82, 2.24) is 0 Å². The van der Waals surface area contributed by atoms with Crippen LogP contribution in [-0.4, -0.2) is 17.3 Å². The van der Waals surface area contributed by atoms with Crippen molar-refractivity contribution in [2.24, 2.45) is 23.5 Å². The summed E-state index contributed by atoms with van der Waals surface area (Å²) in [5.74, 6) is 1.78. The van der Waals surface area contributed by atoms with Crippen molar-refractivity contribution >= 4 is 0 Å². The van der Waals surface area contributed by atoms with Crippen LogP contribution in [0.2, 0.25) is 0 Å². The molecule has 0 radical (unpaired) electrons. The van der Waals surface area contributed by atoms with Crippen LogP contribution >= 0.6 is 0 Å². The molecular formula is C12H23NO. The number of hydrogen-bond donors (Lipinski definition) is 2. The molecule has 2 fully saturated rings. The number of nitrogens with two attached hydrogens (primary N) is 1. The lowest BCUT2D eigenvalue weighted by atomic mass is 9.71. The first-order valence-corrected chi connectivity index (χ1v) is 6.09. The molecule has 2 aliphatic carbocycles. The van der Waals surface area contributed by atoms with Gasteiger partial charge in [-0.05, 0) is 43.4 Å². The first-order chi connectivity index (χ1) is 6.66. The van der Waals surface area contributed by atoms with E-state index in [1.54, 1.807) is 0 Å². The normalized spacial score (nSPS) is 37.9. The lowest BCUT2D eigenvalue weighted by Gasteiger charge is -2.40. The molecule has 0 saturated heterocycles. The zero-order valence-electron chi connectivity index (χ0n) is 9.21. The third kappa shape index (κ3) is 1.82. The summed E-state index contributed by atoms with van der Waals surface area (Å²) in [5.41, 5.74) is 5.26. The van der Waals surface area contributed by atoms with E-state index in [1.807, 2.05) is 0 Å². The second-order valence-corrected chi connectivity index (χ2v) is 5.44. The summed E-state index contributed by atoms with van der Waals surface area (Å²) in [6.45, 7) is 2.77. The minimum Gasteiger partial charge on any atom is -0.388 e. The van der Waals surface area contributed by atoms with E-state index >= 15 is 0 Å². The maximum Gasteiger partial charge on any atom is 0.0825 e. The van der Waals surface area contributed by atoms with Crippen molar-refractivity contribution in [3.63, 3.8) is 0 Å². The van der Waals surface area contributed by atoms with Crippen molar-refractivity contribution in [2.45, 2.75) is 51.0 Å². The van der Waals surface area contributed by atoms with Crippen LogP contribution in [0.25, 0.3) is 0 Å². The van der Waals surface area contributed by atoms with Gasteiger partial charge >= 0.3 is 0 Å². The maximum absolute atomic E-state index is 10.6. The van der Waals surface area contributed by atoms with Gasteiger partial charge in [0.1, 0.15) is 0 Å². The van der Waals surface area contributed by atoms with E-state index in [4.69, 9.17) is 5.73 Å². The monoisotopic (exact) mass is 197 g/mol. The first kappa shape index (κ1) is 10.4. The number of aliphatic hydroxyl groups is 1. The van der Waals surface area contributed by atoms with Gasteiger partial charge in [-0.15, -0.1) is 0 Å². The van der Waals surface area contributed by atoms with E-state index in [0.717, 1.165) is 5.92 Å². The van der Waals surface area contributed by atoms with Gasteiger partial charge in [-0.1, -0.05) is 19.8 Å². The predicted octanol–water partition coefficient (Wildman–Crippen LogP) is 1.91. The minimum absolute atomic E-state index is 0.467. The highest BCUT2D eigenvalue weighted by atomic mass is 16.3. The number of hydrogen-bond acceptors (Lipinski definition) is 2. The van der Waals surface area contributed by atoms with Crippen LogP contribution in [0.1, 0.15) is 45.4 Å². The molecule has 0 heterocycles. The average molecular weight is 197 g/mol. The summed E-state index contributed by atoms with van der Waals surface area (Å²) in [5, 5.41) is 10.6. The largest absolute Gasteiger partial charge is 0.388 e. The molecule has 3 unspecified atom stereocenters. The predicted molar refractivity (Wildman–Crippen MR) is 57.9 cm³/mol. The van der Waals surface area contributed by atoms with Crippen LogP contribution in [0.3, 0.4) is 0 Å². The van der Waals surface area contributed by atoms with Crippen molar-refractivity contribution in [1.29, 1.82) is 0 Å². The third-order valence-corrected chi connectivity index (χ3v) is 4.25. The van der Waals surface area contributed by atoms with Gasteiger partial charge in [0.05, 0.1) is 5.60 Å². The smallest absolute Gasteiger partial charge is 0.0825 e. The second kappa shape index (κ2) is 3.82. The van der Waals surface area contributed by atoms with Crippen LogP contribution in [0.5, 0.6) is 0 Å². The van der Waals surface area contributed by atoms with E-state index in [-0.39, 0.29) is 0 Å². The molecule has 0 aromatic heterocycles. The molecule has 3 atom stereocenters. The van der Waals surface area contributed by atoms with Crippen LogP contribution in [0.15, 0.2) is 0 Å². The fourth-order valence-electron chi connectivity index (χ4n) is 3.14. The maximum atomic E-state index is 10.6. The molecule has 2 saturated carbocycles. The Hall–Kier alpha value is -0.0800. The Morgan fingerprint density at radius 1 is 1.21 bits per heavy atom. The van der Waals surface area contributed by atoms with Crippen LogP contribution in [0, 0.1) is 17.8 Å². The second-order valence-electron chi connectivity index (χ2n) is 5.44. The standard InChI is InChI=1S/C12H23NO/c1-9-3-2-4-11(7-9)12(14,8-13)10-5-6-10/h9-11,14H,2-8,13H2,1H3. The van der Waals surface area contributed by atoms with Gasteiger partial charge in [-0.25, -0.2) is 0 Å². The average Bonchev–Trinajstić information content (AvgIpc) is 3.00. The van der Waals surface area contributed by atoms with E-state index in [1.165, 1.54) is 38.5 Å². The Labute approximate surface area is 86.9 Å². The Morgan fingerprint density at radius 2 is 1.93 bits per heavy atom. The highest BCUT2D eigenvalue weighted by Crippen LogP contribution is 2.48. The summed E-state index contributed by atoms with van der Waals surface area (Å²) in [4.78, 5) is 0. The van der Waals surface area contributed by atoms with Gasteiger partial charge in [-0.3, -0.25) is 0 Å². The molecule has 3 N–H and O–H groups in total. The van der Waals surface area contributed by atoms with E-state index < -0.39 is 5.60 Å². The summed E-state index contributed by atoms with van der Waals surface area (Å²) >= 11 is 0. The van der Waals surface area contributed by atoms with Crippen molar-refractivity contribution in [2.75, 3.05) is 6.54 Å². The molecule has 0 aromatic carbocycles. The Morgan fingerprint density at radius 3 is 2.43 bits per heavy atom. The SMILES string of the molecule is CC1CCCC(C(O)(CN)C2CC2)C1. The zero-order chi connectivity index (χ0) is 10.2. The third-order valence-electron chi connectivity index (χ3n) is 4.25. The van der Waals surface area contributed by atoms with Crippen LogP contribution in [0.4, 0.5) is 0 Å². The fourth-order valence-corrected chi connectivity index (χ4v) is 3.14. The zero-order valence-corrected chi connectivity index (χ0v) is 9.21. The lowest BCUT2D eigenvalue weighted by molar-refractivity contribution is -0.0508. The van der Waals surface area contributed by atoms with Crippen LogP contribution in [-0.2, 0) is 0 Å². The molecular weight excluding hydrogens is 174 g/mol. The van der Waals surface area contributed by atoms with Gasteiger partial charge in [-0.2, -0.15) is 0 Å². The highest BCUT2D eigenvalue weighted by Gasteiger charge is 2.48. The van der Waals surface area contributed by atoms with Crippen LogP contribution < -0.4 is 5.73 Å². The Bertz CT molecular complexity index is 202. The lowest BCUT2D eigenvalue weighted by Crippen LogP contribution is -2.48. The minimum atomic E-state index is -0.519. The molecule has 0 aromatic rings. The molecule has 14 heavy (non-hydrogen) atoms. The summed E-state index contributed by atoms with van der Waals surface area (Å²) in [7, 11) is 0. The van der Waals surface area contributed by atoms with Crippen molar-refractivity contribution < 1.29 is 5.11 Å². The fraction of sp³-hybridized carbons (Fsp3) is 1.00. The highest BCUT2D eigenvalue weighted by molar-refractivity contribution is 5.00. The molecule has 2 heteroatoms. The molecule has 82 valence electrons. The Balaban J connectivity index is 2.02. The molecule has 0 amide bonds. The molecule has 2 nitrogen and oxygen atoms in total. The first-order valence-electron chi connectivity index (χ1n) is 6.09. The van der Waals surface area contributed by atoms with E-state index in [2.05, 4.69) is 6.92 Å². The molecule has 0 spiro atoms. The number of rotatable bonds is 3. The van der Waals surface area contributed by atoms with Gasteiger partial charge < -0.3 is 10.8 Å². The molecule has 2 aliphatic rings. The van der Waals surface area contributed by atoms with Gasteiger partial charge in [0.25, 0.3) is 0 Å². The van der Waals surface area contributed by atoms with Crippen molar-refractivity contribution in [3.8, 4) is 0 Å². The summed E-state index contributed by atoms with van der Waals surface area (Å²) < 4.78 is 0. The van der Waals surface area contributed by atoms with Gasteiger partial charge in [0.2, 0.25) is 0 Å². The molecule has 2 rings (SSSR count). The molecule has 0 aliphatic heterocycles. The quantitative estimate of drug-likeness (QED) is 0.726.